The van der Waals surface area contributed by atoms with Gasteiger partial charge < -0.3 is 0 Å². The van der Waals surface area contributed by atoms with Crippen LogP contribution in [0.4, 0.5) is 0 Å². The molecule has 70 valence electrons. The number of alkyl halides is 1. The molecule has 1 saturated carbocycles. The molecule has 0 amide bonds. The summed E-state index contributed by atoms with van der Waals surface area (Å²) in [5.41, 5.74) is 0. The van der Waals surface area contributed by atoms with Crippen molar-refractivity contribution >= 4 is 46.4 Å². The second-order valence-corrected chi connectivity index (χ2v) is 5.13. The van der Waals surface area contributed by atoms with E-state index in [1.807, 2.05) is 0 Å². The van der Waals surface area contributed by atoms with Gasteiger partial charge in [0.2, 0.25) is 0 Å². The van der Waals surface area contributed by atoms with Gasteiger partial charge in [0.05, 0.1) is 9.91 Å². The summed E-state index contributed by atoms with van der Waals surface area (Å²) in [6.07, 6.45) is 3.09. The molecule has 0 saturated heterocycles. The van der Waals surface area contributed by atoms with Crippen molar-refractivity contribution in [1.29, 1.82) is 0 Å². The van der Waals surface area contributed by atoms with E-state index < -0.39 is 4.87 Å². The maximum atomic E-state index is 6.18. The fourth-order valence-electron chi connectivity index (χ4n) is 1.40. The lowest BCUT2D eigenvalue weighted by molar-refractivity contribution is 0.686. The van der Waals surface area contributed by atoms with Gasteiger partial charge in [-0.3, -0.25) is 0 Å². The second-order valence-electron chi connectivity index (χ2n) is 3.13. The molecule has 0 N–H and O–H groups in total. The fraction of sp³-hybridized carbons (Fsp3) is 0.750. The Morgan fingerprint density at radius 3 is 2.42 bits per heavy atom. The van der Waals surface area contributed by atoms with Gasteiger partial charge in [-0.15, -0.1) is 11.6 Å². The summed E-state index contributed by atoms with van der Waals surface area (Å²) in [6.45, 7) is 2.12. The summed E-state index contributed by atoms with van der Waals surface area (Å²) >= 11 is 23.1. The number of halogens is 4. The number of hydrogen-bond acceptors (Lipinski definition) is 0. The summed E-state index contributed by atoms with van der Waals surface area (Å²) in [5.74, 6) is 0.448. The van der Waals surface area contributed by atoms with Gasteiger partial charge in [-0.2, -0.15) is 0 Å². The van der Waals surface area contributed by atoms with Crippen molar-refractivity contribution in [2.75, 3.05) is 0 Å². The van der Waals surface area contributed by atoms with Crippen LogP contribution >= 0.6 is 46.4 Å². The molecule has 4 heteroatoms. The normalized spacial score (nSPS) is 33.2. The Morgan fingerprint density at radius 2 is 2.00 bits per heavy atom. The molecule has 0 aliphatic heterocycles. The van der Waals surface area contributed by atoms with Crippen molar-refractivity contribution < 1.29 is 0 Å². The molecule has 0 spiro atoms. The predicted molar refractivity (Wildman–Crippen MR) is 56.2 cm³/mol. The van der Waals surface area contributed by atoms with Gasteiger partial charge in [0.25, 0.3) is 0 Å². The zero-order chi connectivity index (χ0) is 9.35. The molecule has 0 aromatic heterocycles. The molecule has 0 nitrogen and oxygen atoms in total. The molecule has 0 radical (unpaired) electrons. The summed E-state index contributed by atoms with van der Waals surface area (Å²) in [7, 11) is 0. The van der Waals surface area contributed by atoms with E-state index in [-0.39, 0.29) is 4.49 Å². The molecule has 1 aliphatic rings. The number of allylic oxidation sites excluding steroid dienone is 1. The molecule has 0 aromatic rings. The van der Waals surface area contributed by atoms with Crippen LogP contribution in [0.15, 0.2) is 9.52 Å². The second kappa shape index (κ2) is 3.96. The molecule has 0 heterocycles. The first-order chi connectivity index (χ1) is 5.52. The number of hydrogen-bond donors (Lipinski definition) is 0. The van der Waals surface area contributed by atoms with Crippen LogP contribution in [0.3, 0.4) is 0 Å². The van der Waals surface area contributed by atoms with E-state index in [1.165, 1.54) is 0 Å². The third-order valence-corrected chi connectivity index (χ3v) is 4.04. The highest BCUT2D eigenvalue weighted by molar-refractivity contribution is 6.60. The van der Waals surface area contributed by atoms with E-state index in [0.29, 0.717) is 11.0 Å². The van der Waals surface area contributed by atoms with Gasteiger partial charge in [-0.05, 0) is 18.8 Å². The lowest BCUT2D eigenvalue weighted by Crippen LogP contribution is -2.03. The van der Waals surface area contributed by atoms with Crippen LogP contribution in [-0.2, 0) is 0 Å². The minimum Gasteiger partial charge on any atom is -0.113 e. The number of rotatable bonds is 3. The Bertz CT molecular complexity index is 207. The van der Waals surface area contributed by atoms with Crippen LogP contribution in [0.1, 0.15) is 26.2 Å². The third-order valence-electron chi connectivity index (χ3n) is 2.20. The van der Waals surface area contributed by atoms with Crippen molar-refractivity contribution in [1.82, 2.24) is 0 Å². The summed E-state index contributed by atoms with van der Waals surface area (Å²) in [6, 6.07) is 0. The van der Waals surface area contributed by atoms with Gasteiger partial charge in [0.1, 0.15) is 4.49 Å². The molecule has 1 aliphatic carbocycles. The maximum Gasteiger partial charge on any atom is 0.123 e. The van der Waals surface area contributed by atoms with Crippen molar-refractivity contribution in [2.24, 2.45) is 5.92 Å². The largest absolute Gasteiger partial charge is 0.123 e. The van der Waals surface area contributed by atoms with Gasteiger partial charge in [0, 0.05) is 0 Å². The van der Waals surface area contributed by atoms with Gasteiger partial charge >= 0.3 is 0 Å². The highest BCUT2D eigenvalue weighted by Gasteiger charge is 2.55. The van der Waals surface area contributed by atoms with E-state index in [9.17, 15) is 0 Å². The van der Waals surface area contributed by atoms with Crippen LogP contribution < -0.4 is 0 Å². The Hall–Kier alpha value is 0.900. The highest BCUT2D eigenvalue weighted by atomic mass is 35.5. The smallest absolute Gasteiger partial charge is 0.113 e. The van der Waals surface area contributed by atoms with Crippen molar-refractivity contribution in [3.63, 3.8) is 0 Å². The van der Waals surface area contributed by atoms with Crippen molar-refractivity contribution in [2.45, 2.75) is 31.1 Å². The first-order valence-corrected chi connectivity index (χ1v) is 5.43. The van der Waals surface area contributed by atoms with Crippen LogP contribution in [-0.4, -0.2) is 4.87 Å². The van der Waals surface area contributed by atoms with Gasteiger partial charge in [0.15, 0.2) is 0 Å². The van der Waals surface area contributed by atoms with E-state index in [0.717, 1.165) is 19.3 Å². The zero-order valence-corrected chi connectivity index (χ0v) is 9.73. The van der Waals surface area contributed by atoms with Crippen LogP contribution in [0.5, 0.6) is 0 Å². The molecule has 1 fully saturated rings. The quantitative estimate of drug-likeness (QED) is 0.636. The summed E-state index contributed by atoms with van der Waals surface area (Å²) < 4.78 is 0.102. The Kier molecular flexibility index (Phi) is 3.62. The zero-order valence-electron chi connectivity index (χ0n) is 6.71. The molecule has 12 heavy (non-hydrogen) atoms. The third kappa shape index (κ3) is 2.04. The first-order valence-electron chi connectivity index (χ1n) is 3.92. The van der Waals surface area contributed by atoms with Crippen molar-refractivity contribution in [3.8, 4) is 0 Å². The van der Waals surface area contributed by atoms with E-state index in [2.05, 4.69) is 6.92 Å². The Balaban J connectivity index is 2.61. The molecular weight excluding hydrogens is 238 g/mol. The molecule has 2 atom stereocenters. The predicted octanol–water partition coefficient (Wildman–Crippen LogP) is 4.67. The Labute approximate surface area is 92.8 Å². The van der Waals surface area contributed by atoms with E-state index in [1.54, 1.807) is 0 Å². The monoisotopic (exact) mass is 246 g/mol. The topological polar surface area (TPSA) is 0 Å². The standard InChI is InChI=1S/C8H10Cl4/c1-2-3-5-4-8(5,12)6(9)7(10)11/h5H,2-4H2,1H3. The molecular formula is C8H10Cl4. The van der Waals surface area contributed by atoms with Crippen molar-refractivity contribution in [3.05, 3.63) is 9.52 Å². The first kappa shape index (κ1) is 11.0. The van der Waals surface area contributed by atoms with Gasteiger partial charge in [-0.25, -0.2) is 0 Å². The fourth-order valence-corrected chi connectivity index (χ4v) is 2.46. The van der Waals surface area contributed by atoms with Crippen LogP contribution in [0, 0.1) is 5.92 Å². The minimum atomic E-state index is -0.448. The average Bonchev–Trinajstić information content (AvgIpc) is 2.63. The highest BCUT2D eigenvalue weighted by Crippen LogP contribution is 2.59. The summed E-state index contributed by atoms with van der Waals surface area (Å²) in [4.78, 5) is -0.448. The molecule has 1 rings (SSSR count). The summed E-state index contributed by atoms with van der Waals surface area (Å²) in [5, 5.41) is 0.408. The van der Waals surface area contributed by atoms with Gasteiger partial charge in [-0.1, -0.05) is 48.1 Å². The maximum absolute atomic E-state index is 6.18. The van der Waals surface area contributed by atoms with E-state index >= 15 is 0 Å². The lowest BCUT2D eigenvalue weighted by atomic mass is 10.2. The average molecular weight is 248 g/mol. The molecule has 0 aromatic carbocycles. The van der Waals surface area contributed by atoms with Crippen LogP contribution in [0.25, 0.3) is 0 Å². The van der Waals surface area contributed by atoms with E-state index in [4.69, 9.17) is 46.4 Å². The minimum absolute atomic E-state index is 0.102. The molecule has 0 bridgehead atoms. The Morgan fingerprint density at radius 1 is 1.42 bits per heavy atom. The SMILES string of the molecule is CCCC1CC1(Cl)C(Cl)=C(Cl)Cl. The van der Waals surface area contributed by atoms with Crippen LogP contribution in [0.2, 0.25) is 0 Å². The lowest BCUT2D eigenvalue weighted by Gasteiger charge is -2.06. The molecule has 2 unspecified atom stereocenters.